The molecule has 5 heteroatoms. The first-order valence-corrected chi connectivity index (χ1v) is 10.3. The molecule has 0 amide bonds. The van der Waals surface area contributed by atoms with Crippen LogP contribution in [0.4, 0.5) is 0 Å². The number of cyclic esters (lactones) is 1. The number of ether oxygens (including phenoxy) is 3. The molecule has 0 N–H and O–H groups in total. The van der Waals surface area contributed by atoms with E-state index in [0.717, 1.165) is 22.3 Å². The third kappa shape index (κ3) is 4.67. The van der Waals surface area contributed by atoms with Gasteiger partial charge in [0.1, 0.15) is 0 Å². The quantitative estimate of drug-likeness (QED) is 0.379. The number of carbonyl (C=O) groups is 1. The third-order valence-corrected chi connectivity index (χ3v) is 4.73. The molecule has 0 aromatic heterocycles. The minimum absolute atomic E-state index is 0.244. The fourth-order valence-electron chi connectivity index (χ4n) is 3.28. The van der Waals surface area contributed by atoms with Crippen LogP contribution in [-0.2, 0) is 9.53 Å². The van der Waals surface area contributed by atoms with Crippen LogP contribution in [0.25, 0.3) is 17.2 Å². The van der Waals surface area contributed by atoms with Gasteiger partial charge in [-0.3, -0.25) is 0 Å². The van der Waals surface area contributed by atoms with E-state index in [2.05, 4.69) is 17.1 Å². The Morgan fingerprint density at radius 1 is 0.806 bits per heavy atom. The molecule has 1 aliphatic rings. The molecule has 5 nitrogen and oxygen atoms in total. The van der Waals surface area contributed by atoms with Gasteiger partial charge in [0, 0.05) is 5.56 Å². The topological polar surface area (TPSA) is 57.1 Å². The fraction of sp³-hybridized carbons (Fsp3) is 0.154. The summed E-state index contributed by atoms with van der Waals surface area (Å²) in [4.78, 5) is 16.8. The molecule has 0 bridgehead atoms. The molecule has 0 unspecified atom stereocenters. The van der Waals surface area contributed by atoms with Crippen molar-refractivity contribution in [2.45, 2.75) is 13.8 Å². The van der Waals surface area contributed by atoms with E-state index in [1.807, 2.05) is 74.5 Å². The molecule has 0 saturated heterocycles. The minimum Gasteiger partial charge on any atom is -0.490 e. The average molecular weight is 413 g/mol. The molecule has 3 aromatic carbocycles. The van der Waals surface area contributed by atoms with Crippen molar-refractivity contribution in [1.82, 2.24) is 0 Å². The molecule has 4 rings (SSSR count). The lowest BCUT2D eigenvalue weighted by atomic mass is 10.0. The van der Waals surface area contributed by atoms with Gasteiger partial charge < -0.3 is 14.2 Å². The van der Waals surface area contributed by atoms with Crippen LogP contribution in [0.1, 0.15) is 25.0 Å². The first kappa shape index (κ1) is 20.4. The van der Waals surface area contributed by atoms with Gasteiger partial charge in [0.25, 0.3) is 0 Å². The largest absolute Gasteiger partial charge is 0.490 e. The maximum absolute atomic E-state index is 12.4. The summed E-state index contributed by atoms with van der Waals surface area (Å²) in [5.41, 5.74) is 3.98. The van der Waals surface area contributed by atoms with Gasteiger partial charge in [0.05, 0.1) is 13.2 Å². The van der Waals surface area contributed by atoms with Crippen molar-refractivity contribution in [3.05, 3.63) is 89.6 Å². The predicted octanol–water partition coefficient (Wildman–Crippen LogP) is 5.50. The summed E-state index contributed by atoms with van der Waals surface area (Å²) < 4.78 is 16.6. The predicted molar refractivity (Wildman–Crippen MR) is 121 cm³/mol. The van der Waals surface area contributed by atoms with Crippen LogP contribution >= 0.6 is 0 Å². The van der Waals surface area contributed by atoms with Crippen LogP contribution in [0, 0.1) is 0 Å². The van der Waals surface area contributed by atoms with Crippen molar-refractivity contribution in [2.75, 3.05) is 13.2 Å². The molecule has 0 fully saturated rings. The van der Waals surface area contributed by atoms with Gasteiger partial charge in [-0.25, -0.2) is 9.79 Å². The average Bonchev–Trinajstić information content (AvgIpc) is 3.17. The lowest BCUT2D eigenvalue weighted by Crippen LogP contribution is -2.05. The molecule has 1 aliphatic heterocycles. The Bertz CT molecular complexity index is 1130. The number of rotatable bonds is 7. The maximum atomic E-state index is 12.4. The van der Waals surface area contributed by atoms with E-state index in [4.69, 9.17) is 14.2 Å². The maximum Gasteiger partial charge on any atom is 0.363 e. The van der Waals surface area contributed by atoms with E-state index in [9.17, 15) is 4.79 Å². The van der Waals surface area contributed by atoms with Crippen LogP contribution in [0.3, 0.4) is 0 Å². The summed E-state index contributed by atoms with van der Waals surface area (Å²) in [7, 11) is 0. The van der Waals surface area contributed by atoms with Gasteiger partial charge in [-0.15, -0.1) is 0 Å². The van der Waals surface area contributed by atoms with Crippen molar-refractivity contribution in [3.8, 4) is 22.6 Å². The molecule has 0 atom stereocenters. The Kier molecular flexibility index (Phi) is 6.13. The Morgan fingerprint density at radius 2 is 1.45 bits per heavy atom. The van der Waals surface area contributed by atoms with Gasteiger partial charge in [0.2, 0.25) is 5.90 Å². The van der Waals surface area contributed by atoms with Crippen molar-refractivity contribution in [1.29, 1.82) is 0 Å². The highest BCUT2D eigenvalue weighted by Gasteiger charge is 2.24. The van der Waals surface area contributed by atoms with E-state index >= 15 is 0 Å². The second-order valence-electron chi connectivity index (χ2n) is 6.85. The molecule has 0 spiro atoms. The molecule has 3 aromatic rings. The molecule has 31 heavy (non-hydrogen) atoms. The standard InChI is InChI=1S/C26H23NO4/c1-3-29-23-15-10-18(17-24(23)30-4-2)16-22-26(28)31-25(27-22)21-13-11-20(12-14-21)19-8-6-5-7-9-19/h5-17H,3-4H2,1-2H3/b22-16-. The van der Waals surface area contributed by atoms with Gasteiger partial charge in [0.15, 0.2) is 17.2 Å². The third-order valence-electron chi connectivity index (χ3n) is 4.73. The lowest BCUT2D eigenvalue weighted by molar-refractivity contribution is -0.129. The summed E-state index contributed by atoms with van der Waals surface area (Å²) >= 11 is 0. The molecular formula is C26H23NO4. The van der Waals surface area contributed by atoms with E-state index in [-0.39, 0.29) is 5.70 Å². The Labute approximate surface area is 181 Å². The number of aliphatic imine (C=N–C) groups is 1. The number of esters is 1. The second kappa shape index (κ2) is 9.30. The number of hydrogen-bond acceptors (Lipinski definition) is 5. The normalized spacial score (nSPS) is 14.3. The van der Waals surface area contributed by atoms with E-state index in [1.165, 1.54) is 0 Å². The van der Waals surface area contributed by atoms with Crippen LogP contribution < -0.4 is 9.47 Å². The second-order valence-corrected chi connectivity index (χ2v) is 6.85. The summed E-state index contributed by atoms with van der Waals surface area (Å²) in [6.07, 6.45) is 1.69. The van der Waals surface area contributed by atoms with E-state index < -0.39 is 5.97 Å². The van der Waals surface area contributed by atoms with Gasteiger partial charge in [-0.1, -0.05) is 48.5 Å². The summed E-state index contributed by atoms with van der Waals surface area (Å²) in [6.45, 7) is 4.89. The zero-order chi connectivity index (χ0) is 21.6. The van der Waals surface area contributed by atoms with Crippen molar-refractivity contribution < 1.29 is 19.0 Å². The van der Waals surface area contributed by atoms with Crippen LogP contribution in [0.2, 0.25) is 0 Å². The highest BCUT2D eigenvalue weighted by molar-refractivity contribution is 6.13. The zero-order valence-electron chi connectivity index (χ0n) is 17.5. The Hall–Kier alpha value is -3.86. The minimum atomic E-state index is -0.478. The number of benzene rings is 3. The summed E-state index contributed by atoms with van der Waals surface area (Å²) in [6, 6.07) is 23.4. The molecule has 0 aliphatic carbocycles. The zero-order valence-corrected chi connectivity index (χ0v) is 17.5. The van der Waals surface area contributed by atoms with Crippen LogP contribution in [-0.4, -0.2) is 25.1 Å². The molecule has 1 heterocycles. The van der Waals surface area contributed by atoms with Crippen molar-refractivity contribution in [2.24, 2.45) is 4.99 Å². The highest BCUT2D eigenvalue weighted by Crippen LogP contribution is 2.30. The molecule has 0 saturated carbocycles. The Morgan fingerprint density at radius 3 is 2.16 bits per heavy atom. The summed E-state index contributed by atoms with van der Waals surface area (Å²) in [5.74, 6) is 1.12. The number of carbonyl (C=O) groups excluding carboxylic acids is 1. The highest BCUT2D eigenvalue weighted by atomic mass is 16.6. The van der Waals surface area contributed by atoms with Gasteiger partial charge in [-0.05, 0) is 60.9 Å². The SMILES string of the molecule is CCOc1ccc(/C=C2\N=C(c3ccc(-c4ccccc4)cc3)OC2=O)cc1OCC. The first-order valence-electron chi connectivity index (χ1n) is 10.3. The molecular weight excluding hydrogens is 390 g/mol. The first-order chi connectivity index (χ1) is 15.2. The van der Waals surface area contributed by atoms with Gasteiger partial charge in [-0.2, -0.15) is 0 Å². The Balaban J connectivity index is 1.58. The summed E-state index contributed by atoms with van der Waals surface area (Å²) in [5, 5.41) is 0. The van der Waals surface area contributed by atoms with E-state index in [1.54, 1.807) is 6.08 Å². The smallest absolute Gasteiger partial charge is 0.363 e. The van der Waals surface area contributed by atoms with Crippen molar-refractivity contribution >= 4 is 17.9 Å². The van der Waals surface area contributed by atoms with E-state index in [0.29, 0.717) is 30.6 Å². The van der Waals surface area contributed by atoms with Crippen LogP contribution in [0.5, 0.6) is 11.5 Å². The lowest BCUT2D eigenvalue weighted by Gasteiger charge is -2.11. The number of nitrogens with zero attached hydrogens (tertiary/aromatic N) is 1. The monoisotopic (exact) mass is 413 g/mol. The molecule has 156 valence electrons. The van der Waals surface area contributed by atoms with Gasteiger partial charge >= 0.3 is 5.97 Å². The van der Waals surface area contributed by atoms with Crippen LogP contribution in [0.15, 0.2) is 83.5 Å². The van der Waals surface area contributed by atoms with Crippen molar-refractivity contribution in [3.63, 3.8) is 0 Å². The molecule has 0 radical (unpaired) electrons. The number of hydrogen-bond donors (Lipinski definition) is 0. The fourth-order valence-corrected chi connectivity index (χ4v) is 3.28.